The molecule has 1 N–H and O–H groups in total. The van der Waals surface area contributed by atoms with E-state index in [9.17, 15) is 9.59 Å². The minimum absolute atomic E-state index is 0.234. The predicted octanol–water partition coefficient (Wildman–Crippen LogP) is 0.528. The zero-order valence-electron chi connectivity index (χ0n) is 7.43. The molecule has 0 aliphatic carbocycles. The molecular formula is C9H9N3O2. The van der Waals surface area contributed by atoms with E-state index in [4.69, 9.17) is 0 Å². The lowest BCUT2D eigenvalue weighted by Crippen LogP contribution is -2.49. The molecule has 1 fully saturated rings. The standard InChI is InChI=1S/C9H9N3O2/c13-8-4-6-12(9(14)11-8)7-3-1-2-5-10-7/h1-3,5H,4,6H2,(H,11,13,14). The van der Waals surface area contributed by atoms with Crippen LogP contribution in [0.25, 0.3) is 0 Å². The Balaban J connectivity index is 2.20. The van der Waals surface area contributed by atoms with Crippen molar-refractivity contribution in [3.63, 3.8) is 0 Å². The molecule has 2 heterocycles. The maximum absolute atomic E-state index is 11.4. The third-order valence-electron chi connectivity index (χ3n) is 1.98. The Bertz CT molecular complexity index is 364. The highest BCUT2D eigenvalue weighted by Crippen LogP contribution is 2.12. The SMILES string of the molecule is O=C1CCN(c2ccccn2)C(=O)N1. The van der Waals surface area contributed by atoms with Crippen LogP contribution in [0.5, 0.6) is 0 Å². The van der Waals surface area contributed by atoms with Gasteiger partial charge in [0, 0.05) is 19.2 Å². The number of anilines is 1. The second-order valence-electron chi connectivity index (χ2n) is 2.94. The van der Waals surface area contributed by atoms with Crippen LogP contribution < -0.4 is 10.2 Å². The molecule has 1 aliphatic rings. The highest BCUT2D eigenvalue weighted by molar-refractivity contribution is 6.05. The molecule has 0 spiro atoms. The first-order valence-corrected chi connectivity index (χ1v) is 4.30. The Morgan fingerprint density at radius 1 is 1.36 bits per heavy atom. The van der Waals surface area contributed by atoms with Crippen molar-refractivity contribution in [3.05, 3.63) is 24.4 Å². The van der Waals surface area contributed by atoms with E-state index in [2.05, 4.69) is 10.3 Å². The molecule has 5 nitrogen and oxygen atoms in total. The van der Waals surface area contributed by atoms with Crippen LogP contribution in [0.2, 0.25) is 0 Å². The summed E-state index contributed by atoms with van der Waals surface area (Å²) < 4.78 is 0. The van der Waals surface area contributed by atoms with Gasteiger partial charge in [-0.2, -0.15) is 0 Å². The molecule has 0 unspecified atom stereocenters. The topological polar surface area (TPSA) is 62.3 Å². The zero-order valence-corrected chi connectivity index (χ0v) is 7.43. The number of pyridine rings is 1. The van der Waals surface area contributed by atoms with Gasteiger partial charge in [0.25, 0.3) is 0 Å². The first-order valence-electron chi connectivity index (χ1n) is 4.30. The van der Waals surface area contributed by atoms with Gasteiger partial charge in [0.1, 0.15) is 5.82 Å². The highest BCUT2D eigenvalue weighted by atomic mass is 16.2. The van der Waals surface area contributed by atoms with E-state index in [1.807, 2.05) is 0 Å². The summed E-state index contributed by atoms with van der Waals surface area (Å²) in [4.78, 5) is 27.7. The van der Waals surface area contributed by atoms with Crippen LogP contribution in [0.1, 0.15) is 6.42 Å². The van der Waals surface area contributed by atoms with Crippen LogP contribution in [-0.2, 0) is 4.79 Å². The number of hydrogen-bond acceptors (Lipinski definition) is 3. The zero-order chi connectivity index (χ0) is 9.97. The molecule has 1 saturated heterocycles. The summed E-state index contributed by atoms with van der Waals surface area (Å²) in [6, 6.07) is 4.90. The smallest absolute Gasteiger partial charge is 0.278 e. The number of amides is 3. The van der Waals surface area contributed by atoms with Gasteiger partial charge in [-0.25, -0.2) is 9.78 Å². The van der Waals surface area contributed by atoms with Crippen molar-refractivity contribution in [2.24, 2.45) is 0 Å². The monoisotopic (exact) mass is 191 g/mol. The van der Waals surface area contributed by atoms with Crippen molar-refractivity contribution in [1.82, 2.24) is 10.3 Å². The van der Waals surface area contributed by atoms with Crippen molar-refractivity contribution in [1.29, 1.82) is 0 Å². The van der Waals surface area contributed by atoms with Crippen LogP contribution in [0.3, 0.4) is 0 Å². The van der Waals surface area contributed by atoms with E-state index >= 15 is 0 Å². The summed E-state index contributed by atoms with van der Waals surface area (Å²) in [5, 5.41) is 2.24. The molecule has 0 aromatic carbocycles. The van der Waals surface area contributed by atoms with Gasteiger partial charge in [0.15, 0.2) is 0 Å². The van der Waals surface area contributed by atoms with E-state index in [0.29, 0.717) is 18.8 Å². The quantitative estimate of drug-likeness (QED) is 0.704. The van der Waals surface area contributed by atoms with Gasteiger partial charge in [-0.3, -0.25) is 15.0 Å². The molecule has 0 bridgehead atoms. The Kier molecular flexibility index (Phi) is 2.14. The van der Waals surface area contributed by atoms with Gasteiger partial charge in [0.2, 0.25) is 5.91 Å². The number of urea groups is 1. The second kappa shape index (κ2) is 3.45. The Morgan fingerprint density at radius 2 is 2.21 bits per heavy atom. The Morgan fingerprint density at radius 3 is 2.86 bits per heavy atom. The summed E-state index contributed by atoms with van der Waals surface area (Å²) in [5.41, 5.74) is 0. The Hall–Kier alpha value is -1.91. The maximum atomic E-state index is 11.4. The fourth-order valence-corrected chi connectivity index (χ4v) is 1.30. The van der Waals surface area contributed by atoms with Crippen molar-refractivity contribution in [3.8, 4) is 0 Å². The van der Waals surface area contributed by atoms with Gasteiger partial charge in [-0.05, 0) is 12.1 Å². The van der Waals surface area contributed by atoms with Gasteiger partial charge in [-0.15, -0.1) is 0 Å². The highest BCUT2D eigenvalue weighted by Gasteiger charge is 2.24. The number of rotatable bonds is 1. The van der Waals surface area contributed by atoms with Gasteiger partial charge in [-0.1, -0.05) is 6.07 Å². The van der Waals surface area contributed by atoms with E-state index < -0.39 is 6.03 Å². The summed E-state index contributed by atoms with van der Waals surface area (Å²) >= 11 is 0. The first-order chi connectivity index (χ1) is 6.77. The molecule has 72 valence electrons. The molecular weight excluding hydrogens is 182 g/mol. The number of carbonyl (C=O) groups is 2. The molecule has 0 atom stereocenters. The lowest BCUT2D eigenvalue weighted by molar-refractivity contribution is -0.120. The summed E-state index contributed by atoms with van der Waals surface area (Å²) in [7, 11) is 0. The first kappa shape index (κ1) is 8.68. The van der Waals surface area contributed by atoms with E-state index in [0.717, 1.165) is 0 Å². The number of imide groups is 1. The summed E-state index contributed by atoms with van der Waals surface area (Å²) in [6.07, 6.45) is 1.93. The molecule has 5 heteroatoms. The molecule has 0 radical (unpaired) electrons. The van der Waals surface area contributed by atoms with Gasteiger partial charge in [0.05, 0.1) is 0 Å². The molecule has 2 rings (SSSR count). The normalized spacial score (nSPS) is 16.7. The van der Waals surface area contributed by atoms with E-state index in [1.165, 1.54) is 4.90 Å². The van der Waals surface area contributed by atoms with Crippen LogP contribution in [-0.4, -0.2) is 23.5 Å². The number of carbonyl (C=O) groups excluding carboxylic acids is 2. The fraction of sp³-hybridized carbons (Fsp3) is 0.222. The van der Waals surface area contributed by atoms with Crippen LogP contribution in [0, 0.1) is 0 Å². The minimum Gasteiger partial charge on any atom is -0.278 e. The summed E-state index contributed by atoms with van der Waals surface area (Å²) in [6.45, 7) is 0.391. The van der Waals surface area contributed by atoms with Crippen LogP contribution >= 0.6 is 0 Å². The van der Waals surface area contributed by atoms with Crippen molar-refractivity contribution >= 4 is 17.8 Å². The molecule has 3 amide bonds. The minimum atomic E-state index is -0.403. The lowest BCUT2D eigenvalue weighted by atomic mass is 10.3. The molecule has 1 aliphatic heterocycles. The third kappa shape index (κ3) is 1.56. The number of nitrogens with zero attached hydrogens (tertiary/aromatic N) is 2. The largest absolute Gasteiger partial charge is 0.329 e. The molecule has 1 aromatic rings. The van der Waals surface area contributed by atoms with Crippen molar-refractivity contribution in [2.45, 2.75) is 6.42 Å². The van der Waals surface area contributed by atoms with Crippen molar-refractivity contribution in [2.75, 3.05) is 11.4 Å². The second-order valence-corrected chi connectivity index (χ2v) is 2.94. The summed E-state index contributed by atoms with van der Waals surface area (Å²) in [5.74, 6) is 0.333. The van der Waals surface area contributed by atoms with Crippen LogP contribution in [0.4, 0.5) is 10.6 Å². The molecule has 14 heavy (non-hydrogen) atoms. The number of nitrogens with one attached hydrogen (secondary N) is 1. The van der Waals surface area contributed by atoms with E-state index in [-0.39, 0.29) is 5.91 Å². The number of aromatic nitrogens is 1. The molecule has 0 saturated carbocycles. The van der Waals surface area contributed by atoms with E-state index in [1.54, 1.807) is 24.4 Å². The predicted molar refractivity (Wildman–Crippen MR) is 49.7 cm³/mol. The van der Waals surface area contributed by atoms with Crippen molar-refractivity contribution < 1.29 is 9.59 Å². The third-order valence-corrected chi connectivity index (χ3v) is 1.98. The average molecular weight is 191 g/mol. The van der Waals surface area contributed by atoms with Gasteiger partial charge >= 0.3 is 6.03 Å². The number of hydrogen-bond donors (Lipinski definition) is 1. The Labute approximate surface area is 80.7 Å². The fourth-order valence-electron chi connectivity index (χ4n) is 1.30. The lowest BCUT2D eigenvalue weighted by Gasteiger charge is -2.25. The maximum Gasteiger partial charge on any atom is 0.329 e. The molecule has 1 aromatic heterocycles. The van der Waals surface area contributed by atoms with Gasteiger partial charge < -0.3 is 0 Å². The average Bonchev–Trinajstić information content (AvgIpc) is 2.19. The van der Waals surface area contributed by atoms with Crippen LogP contribution in [0.15, 0.2) is 24.4 Å².